The van der Waals surface area contributed by atoms with Gasteiger partial charge in [0, 0.05) is 5.56 Å². The van der Waals surface area contributed by atoms with Crippen LogP contribution in [-0.4, -0.2) is 21.4 Å². The average Bonchev–Trinajstić information content (AvgIpc) is 2.98. The zero-order valence-electron chi connectivity index (χ0n) is 12.7. The molecule has 0 heterocycles. The number of sulfonamides is 1. The maximum absolute atomic E-state index is 12.5. The molecule has 0 aromatic heterocycles. The molecule has 0 saturated heterocycles. The molecule has 3 rings (SSSR count). The number of amides is 1. The van der Waals surface area contributed by atoms with Crippen molar-refractivity contribution in [2.75, 3.05) is 7.05 Å². The van der Waals surface area contributed by atoms with Crippen LogP contribution in [0.15, 0.2) is 53.4 Å². The van der Waals surface area contributed by atoms with Crippen LogP contribution < -0.4 is 10.0 Å². The molecule has 1 amide bonds. The first-order valence-electron chi connectivity index (χ1n) is 7.43. The smallest absolute Gasteiger partial charge is 0.251 e. The predicted molar refractivity (Wildman–Crippen MR) is 87.7 cm³/mol. The second-order valence-corrected chi connectivity index (χ2v) is 7.39. The average molecular weight is 330 g/mol. The normalized spacial score (nSPS) is 16.8. The fourth-order valence-corrected chi connectivity index (χ4v) is 3.65. The molecule has 0 bridgehead atoms. The molecule has 0 unspecified atom stereocenters. The molecule has 6 heteroatoms. The van der Waals surface area contributed by atoms with Crippen molar-refractivity contribution in [3.8, 4) is 0 Å². The van der Waals surface area contributed by atoms with Crippen molar-refractivity contribution in [2.45, 2.75) is 23.8 Å². The quantitative estimate of drug-likeness (QED) is 0.900. The van der Waals surface area contributed by atoms with E-state index in [0.29, 0.717) is 5.56 Å². The lowest BCUT2D eigenvalue weighted by atomic mass is 10.1. The molecule has 0 saturated carbocycles. The standard InChI is InChI=1S/C17H18N2O3S/c1-18-23(21,22)14-7-4-6-13(11-14)17(20)19-16-10-9-12-5-2-3-8-15(12)16/h2-8,11,16,18H,9-10H2,1H3,(H,19,20)/t16-/m0/s1. The summed E-state index contributed by atoms with van der Waals surface area (Å²) in [7, 11) is -2.22. The molecule has 23 heavy (non-hydrogen) atoms. The van der Waals surface area contributed by atoms with E-state index in [1.807, 2.05) is 18.2 Å². The molecule has 2 N–H and O–H groups in total. The second kappa shape index (κ2) is 6.14. The van der Waals surface area contributed by atoms with E-state index in [1.165, 1.54) is 24.7 Å². The van der Waals surface area contributed by atoms with E-state index in [-0.39, 0.29) is 16.8 Å². The van der Waals surface area contributed by atoms with E-state index in [9.17, 15) is 13.2 Å². The van der Waals surface area contributed by atoms with Crippen molar-refractivity contribution < 1.29 is 13.2 Å². The van der Waals surface area contributed by atoms with Crippen molar-refractivity contribution in [1.82, 2.24) is 10.0 Å². The maximum Gasteiger partial charge on any atom is 0.251 e. The van der Waals surface area contributed by atoms with Crippen molar-refractivity contribution in [3.05, 3.63) is 65.2 Å². The first kappa shape index (κ1) is 15.7. The van der Waals surface area contributed by atoms with Gasteiger partial charge in [-0.05, 0) is 49.2 Å². The number of hydrogen-bond acceptors (Lipinski definition) is 3. The molecule has 0 radical (unpaired) electrons. The van der Waals surface area contributed by atoms with Crippen molar-refractivity contribution in [1.29, 1.82) is 0 Å². The molecule has 5 nitrogen and oxygen atoms in total. The predicted octanol–water partition coefficient (Wildman–Crippen LogP) is 2.01. The summed E-state index contributed by atoms with van der Waals surface area (Å²) in [5.74, 6) is -0.264. The van der Waals surface area contributed by atoms with Crippen molar-refractivity contribution >= 4 is 15.9 Å². The summed E-state index contributed by atoms with van der Waals surface area (Å²) in [5.41, 5.74) is 2.73. The lowest BCUT2D eigenvalue weighted by molar-refractivity contribution is 0.0936. The zero-order chi connectivity index (χ0) is 16.4. The Balaban J connectivity index is 1.81. The largest absolute Gasteiger partial charge is 0.345 e. The molecule has 0 spiro atoms. The minimum absolute atomic E-state index is 0.0248. The van der Waals surface area contributed by atoms with Crippen LogP contribution in [0.2, 0.25) is 0 Å². The summed E-state index contributed by atoms with van der Waals surface area (Å²) < 4.78 is 25.9. The molecule has 1 aliphatic rings. The second-order valence-electron chi connectivity index (χ2n) is 5.50. The minimum Gasteiger partial charge on any atom is -0.345 e. The van der Waals surface area contributed by atoms with Crippen LogP contribution in [0.4, 0.5) is 0 Å². The van der Waals surface area contributed by atoms with Gasteiger partial charge in [0.25, 0.3) is 5.91 Å². The third kappa shape index (κ3) is 3.13. The van der Waals surface area contributed by atoms with E-state index in [1.54, 1.807) is 12.1 Å². The number of hydrogen-bond donors (Lipinski definition) is 2. The Morgan fingerprint density at radius 2 is 1.91 bits per heavy atom. The first-order valence-corrected chi connectivity index (χ1v) is 8.92. The summed E-state index contributed by atoms with van der Waals surface area (Å²) in [4.78, 5) is 12.5. The Bertz CT molecular complexity index is 846. The molecule has 1 aliphatic carbocycles. The Kier molecular flexibility index (Phi) is 4.19. The third-order valence-corrected chi connectivity index (χ3v) is 5.53. The highest BCUT2D eigenvalue weighted by Crippen LogP contribution is 2.30. The number of nitrogens with one attached hydrogen (secondary N) is 2. The van der Waals surface area contributed by atoms with E-state index >= 15 is 0 Å². The number of rotatable bonds is 4. The van der Waals surface area contributed by atoms with Gasteiger partial charge in [0.1, 0.15) is 0 Å². The van der Waals surface area contributed by atoms with E-state index in [0.717, 1.165) is 18.4 Å². The molecule has 120 valence electrons. The van der Waals surface area contributed by atoms with Crippen molar-refractivity contribution in [2.24, 2.45) is 0 Å². The highest BCUT2D eigenvalue weighted by molar-refractivity contribution is 7.89. The highest BCUT2D eigenvalue weighted by Gasteiger charge is 2.24. The molecule has 0 fully saturated rings. The van der Waals surface area contributed by atoms with Gasteiger partial charge in [-0.15, -0.1) is 0 Å². The molecule has 0 aliphatic heterocycles. The number of carbonyl (C=O) groups is 1. The van der Waals surface area contributed by atoms with Gasteiger partial charge < -0.3 is 5.32 Å². The van der Waals surface area contributed by atoms with Gasteiger partial charge in [0.05, 0.1) is 10.9 Å². The van der Waals surface area contributed by atoms with Gasteiger partial charge in [-0.3, -0.25) is 4.79 Å². The lowest BCUT2D eigenvalue weighted by Gasteiger charge is -2.14. The van der Waals surface area contributed by atoms with Gasteiger partial charge in [-0.2, -0.15) is 0 Å². The van der Waals surface area contributed by atoms with Crippen LogP contribution in [0.1, 0.15) is 33.9 Å². The van der Waals surface area contributed by atoms with Crippen LogP contribution in [0.25, 0.3) is 0 Å². The van der Waals surface area contributed by atoms with E-state index in [4.69, 9.17) is 0 Å². The number of fused-ring (bicyclic) bond motifs is 1. The minimum atomic E-state index is -3.56. The van der Waals surface area contributed by atoms with Crippen LogP contribution >= 0.6 is 0 Å². The topological polar surface area (TPSA) is 75.3 Å². The Labute approximate surface area is 135 Å². The van der Waals surface area contributed by atoms with Crippen LogP contribution in [-0.2, 0) is 16.4 Å². The molecular weight excluding hydrogens is 312 g/mol. The van der Waals surface area contributed by atoms with Crippen LogP contribution in [0.5, 0.6) is 0 Å². The monoisotopic (exact) mass is 330 g/mol. The van der Waals surface area contributed by atoms with E-state index in [2.05, 4.69) is 16.1 Å². The van der Waals surface area contributed by atoms with Gasteiger partial charge >= 0.3 is 0 Å². The summed E-state index contributed by atoms with van der Waals surface area (Å²) in [6.07, 6.45) is 1.80. The van der Waals surface area contributed by atoms with E-state index < -0.39 is 10.0 Å². The molecule has 2 aromatic carbocycles. The summed E-state index contributed by atoms with van der Waals surface area (Å²) in [5, 5.41) is 2.99. The fraction of sp³-hybridized carbons (Fsp3) is 0.235. The van der Waals surface area contributed by atoms with Gasteiger partial charge in [-0.1, -0.05) is 30.3 Å². The zero-order valence-corrected chi connectivity index (χ0v) is 13.6. The number of benzene rings is 2. The van der Waals surface area contributed by atoms with Crippen LogP contribution in [0, 0.1) is 0 Å². The SMILES string of the molecule is CNS(=O)(=O)c1cccc(C(=O)N[C@H]2CCc3ccccc32)c1. The van der Waals surface area contributed by atoms with Crippen LogP contribution in [0.3, 0.4) is 0 Å². The Hall–Kier alpha value is -2.18. The third-order valence-electron chi connectivity index (χ3n) is 4.11. The fourth-order valence-electron chi connectivity index (χ4n) is 2.87. The molecule has 1 atom stereocenters. The Morgan fingerprint density at radius 1 is 1.13 bits per heavy atom. The molecular formula is C17H18N2O3S. The first-order chi connectivity index (χ1) is 11.0. The Morgan fingerprint density at radius 3 is 2.70 bits per heavy atom. The summed E-state index contributed by atoms with van der Waals surface area (Å²) in [6.45, 7) is 0. The lowest BCUT2D eigenvalue weighted by Crippen LogP contribution is -2.27. The van der Waals surface area contributed by atoms with Crippen molar-refractivity contribution in [3.63, 3.8) is 0 Å². The van der Waals surface area contributed by atoms with Gasteiger partial charge in [0.2, 0.25) is 10.0 Å². The molecule has 2 aromatic rings. The number of carbonyl (C=O) groups excluding carboxylic acids is 1. The van der Waals surface area contributed by atoms with Gasteiger partial charge in [-0.25, -0.2) is 13.1 Å². The summed E-state index contributed by atoms with van der Waals surface area (Å²) >= 11 is 0. The summed E-state index contributed by atoms with van der Waals surface area (Å²) in [6, 6.07) is 14.1. The highest BCUT2D eigenvalue weighted by atomic mass is 32.2. The number of aryl methyl sites for hydroxylation is 1. The maximum atomic E-state index is 12.5. The van der Waals surface area contributed by atoms with Gasteiger partial charge in [0.15, 0.2) is 0 Å².